The van der Waals surface area contributed by atoms with Gasteiger partial charge in [-0.05, 0) is 11.1 Å². The van der Waals surface area contributed by atoms with Crippen LogP contribution in [0.1, 0.15) is 26.6 Å². The molecule has 0 fully saturated rings. The third-order valence-corrected chi connectivity index (χ3v) is 3.62. The van der Waals surface area contributed by atoms with Crippen LogP contribution in [0.4, 0.5) is 0 Å². The molecule has 1 aromatic heterocycles. The van der Waals surface area contributed by atoms with Gasteiger partial charge in [-0.15, -0.1) is 23.7 Å². The molecule has 0 radical (unpaired) electrons. The minimum absolute atomic E-state index is 0. The number of thiazole rings is 1. The molecule has 1 heterocycles. The van der Waals surface area contributed by atoms with Crippen molar-refractivity contribution >= 4 is 29.7 Å². The first-order chi connectivity index (χ1) is 9.72. The lowest BCUT2D eigenvalue weighted by molar-refractivity contribution is 0.0946. The van der Waals surface area contributed by atoms with Crippen molar-refractivity contribution in [3.8, 4) is 0 Å². The Bertz CT molecular complexity index is 572. The largest absolute Gasteiger partial charge is 0.380 e. The SMILES string of the molecule is COCc1ccc(CNC(=O)c2csc(CN)n2)cc1.Cl. The molecular weight excluding hydrogens is 310 g/mol. The standard InChI is InChI=1S/C14H17N3O2S.ClH/c1-19-8-11-4-2-10(3-5-11)7-16-14(18)12-9-20-13(6-15)17-12;/h2-5,9H,6-8,15H2,1H3,(H,16,18);1H. The highest BCUT2D eigenvalue weighted by atomic mass is 35.5. The van der Waals surface area contributed by atoms with E-state index < -0.39 is 0 Å². The Labute approximate surface area is 133 Å². The summed E-state index contributed by atoms with van der Waals surface area (Å²) < 4.78 is 5.05. The molecule has 1 aromatic carbocycles. The lowest BCUT2D eigenvalue weighted by Gasteiger charge is -2.05. The maximum atomic E-state index is 11.9. The number of hydrogen-bond donors (Lipinski definition) is 2. The van der Waals surface area contributed by atoms with Gasteiger partial charge in [0.2, 0.25) is 0 Å². The van der Waals surface area contributed by atoms with Gasteiger partial charge in [0.1, 0.15) is 10.7 Å². The second kappa shape index (κ2) is 8.74. The predicted molar refractivity (Wildman–Crippen MR) is 85.6 cm³/mol. The molecule has 0 spiro atoms. The van der Waals surface area contributed by atoms with Gasteiger partial charge >= 0.3 is 0 Å². The maximum Gasteiger partial charge on any atom is 0.271 e. The van der Waals surface area contributed by atoms with E-state index in [0.29, 0.717) is 25.4 Å². The van der Waals surface area contributed by atoms with E-state index in [9.17, 15) is 4.79 Å². The number of nitrogens with one attached hydrogen (secondary N) is 1. The fourth-order valence-corrected chi connectivity index (χ4v) is 2.36. The molecule has 0 bridgehead atoms. The Hall–Kier alpha value is -1.47. The van der Waals surface area contributed by atoms with Gasteiger partial charge in [0.25, 0.3) is 5.91 Å². The lowest BCUT2D eigenvalue weighted by Crippen LogP contribution is -2.23. The zero-order valence-corrected chi connectivity index (χ0v) is 13.3. The van der Waals surface area contributed by atoms with Gasteiger partial charge in [0.05, 0.1) is 6.61 Å². The molecule has 0 atom stereocenters. The molecule has 0 unspecified atom stereocenters. The van der Waals surface area contributed by atoms with Crippen LogP contribution in [0.5, 0.6) is 0 Å². The van der Waals surface area contributed by atoms with E-state index in [2.05, 4.69) is 10.3 Å². The van der Waals surface area contributed by atoms with Gasteiger partial charge in [-0.3, -0.25) is 4.79 Å². The summed E-state index contributed by atoms with van der Waals surface area (Å²) in [5.74, 6) is -0.179. The summed E-state index contributed by atoms with van der Waals surface area (Å²) >= 11 is 1.40. The molecule has 2 rings (SSSR count). The minimum Gasteiger partial charge on any atom is -0.380 e. The molecule has 0 aliphatic heterocycles. The fourth-order valence-electron chi connectivity index (χ4n) is 1.70. The average molecular weight is 328 g/mol. The topological polar surface area (TPSA) is 77.2 Å². The molecule has 21 heavy (non-hydrogen) atoms. The van der Waals surface area contributed by atoms with Gasteiger partial charge in [0, 0.05) is 25.6 Å². The third-order valence-electron chi connectivity index (χ3n) is 2.75. The Morgan fingerprint density at radius 2 is 2.00 bits per heavy atom. The number of nitrogens with zero attached hydrogens (tertiary/aromatic N) is 1. The fraction of sp³-hybridized carbons (Fsp3) is 0.286. The van der Waals surface area contributed by atoms with E-state index in [1.807, 2.05) is 24.3 Å². The third kappa shape index (κ3) is 5.09. The van der Waals surface area contributed by atoms with Gasteiger partial charge in [-0.2, -0.15) is 0 Å². The number of ether oxygens (including phenoxy) is 1. The number of methoxy groups -OCH3 is 1. The van der Waals surface area contributed by atoms with Gasteiger partial charge in [-0.1, -0.05) is 24.3 Å². The summed E-state index contributed by atoms with van der Waals surface area (Å²) in [6.45, 7) is 1.42. The van der Waals surface area contributed by atoms with E-state index in [0.717, 1.165) is 16.1 Å². The van der Waals surface area contributed by atoms with Crippen molar-refractivity contribution < 1.29 is 9.53 Å². The number of benzene rings is 1. The van der Waals surface area contributed by atoms with Crippen LogP contribution >= 0.6 is 23.7 Å². The number of rotatable bonds is 6. The van der Waals surface area contributed by atoms with Gasteiger partial charge in [0.15, 0.2) is 0 Å². The molecule has 0 aliphatic rings. The summed E-state index contributed by atoms with van der Waals surface area (Å²) in [7, 11) is 1.66. The summed E-state index contributed by atoms with van der Waals surface area (Å²) in [6, 6.07) is 7.92. The predicted octanol–water partition coefficient (Wildman–Crippen LogP) is 2.10. The van der Waals surface area contributed by atoms with Crippen LogP contribution in [-0.2, 0) is 24.4 Å². The molecular formula is C14H18ClN3O2S. The highest BCUT2D eigenvalue weighted by Crippen LogP contribution is 2.09. The van der Waals surface area contributed by atoms with Crippen LogP contribution < -0.4 is 11.1 Å². The molecule has 5 nitrogen and oxygen atoms in total. The molecule has 0 saturated carbocycles. The van der Waals surface area contributed by atoms with Crippen molar-refractivity contribution in [2.24, 2.45) is 5.73 Å². The zero-order valence-electron chi connectivity index (χ0n) is 11.7. The summed E-state index contributed by atoms with van der Waals surface area (Å²) in [4.78, 5) is 16.0. The Balaban J connectivity index is 0.00000220. The highest BCUT2D eigenvalue weighted by Gasteiger charge is 2.09. The smallest absolute Gasteiger partial charge is 0.271 e. The van der Waals surface area contributed by atoms with Crippen molar-refractivity contribution in [3.63, 3.8) is 0 Å². The van der Waals surface area contributed by atoms with Crippen molar-refractivity contribution in [1.82, 2.24) is 10.3 Å². The molecule has 2 aromatic rings. The Morgan fingerprint density at radius 1 is 1.33 bits per heavy atom. The zero-order chi connectivity index (χ0) is 14.4. The monoisotopic (exact) mass is 327 g/mol. The maximum absolute atomic E-state index is 11.9. The molecule has 7 heteroatoms. The first-order valence-corrected chi connectivity index (χ1v) is 7.10. The summed E-state index contributed by atoms with van der Waals surface area (Å²) in [5, 5.41) is 5.32. The number of nitrogens with two attached hydrogens (primary N) is 1. The van der Waals surface area contributed by atoms with Crippen LogP contribution in [0, 0.1) is 0 Å². The molecule has 1 amide bonds. The number of amides is 1. The summed E-state index contributed by atoms with van der Waals surface area (Å²) in [6.07, 6.45) is 0. The van der Waals surface area contributed by atoms with Crippen LogP contribution in [-0.4, -0.2) is 18.0 Å². The van der Waals surface area contributed by atoms with E-state index in [4.69, 9.17) is 10.5 Å². The minimum atomic E-state index is -0.179. The number of hydrogen-bond acceptors (Lipinski definition) is 5. The molecule has 3 N–H and O–H groups in total. The number of carbonyl (C=O) groups is 1. The first-order valence-electron chi connectivity index (χ1n) is 6.22. The van der Waals surface area contributed by atoms with Crippen molar-refractivity contribution in [2.45, 2.75) is 19.7 Å². The van der Waals surface area contributed by atoms with Crippen LogP contribution in [0.2, 0.25) is 0 Å². The van der Waals surface area contributed by atoms with Gasteiger partial charge < -0.3 is 15.8 Å². The molecule has 114 valence electrons. The van der Waals surface area contributed by atoms with E-state index in [1.165, 1.54) is 11.3 Å². The van der Waals surface area contributed by atoms with Crippen LogP contribution in [0.3, 0.4) is 0 Å². The van der Waals surface area contributed by atoms with E-state index >= 15 is 0 Å². The average Bonchev–Trinajstić information content (AvgIpc) is 2.95. The van der Waals surface area contributed by atoms with E-state index in [1.54, 1.807) is 12.5 Å². The normalized spacial score (nSPS) is 10.0. The van der Waals surface area contributed by atoms with Crippen molar-refractivity contribution in [2.75, 3.05) is 7.11 Å². The summed E-state index contributed by atoms with van der Waals surface area (Å²) in [5.41, 5.74) is 8.04. The quantitative estimate of drug-likeness (QED) is 0.851. The van der Waals surface area contributed by atoms with E-state index in [-0.39, 0.29) is 18.3 Å². The van der Waals surface area contributed by atoms with Crippen LogP contribution in [0.15, 0.2) is 29.6 Å². The molecule has 0 saturated heterocycles. The Morgan fingerprint density at radius 3 is 2.57 bits per heavy atom. The first kappa shape index (κ1) is 17.6. The highest BCUT2D eigenvalue weighted by molar-refractivity contribution is 7.09. The number of carbonyl (C=O) groups excluding carboxylic acids is 1. The van der Waals surface area contributed by atoms with Crippen LogP contribution in [0.25, 0.3) is 0 Å². The number of aromatic nitrogens is 1. The molecule has 0 aliphatic carbocycles. The second-order valence-corrected chi connectivity index (χ2v) is 5.21. The number of halogens is 1. The Kier molecular flexibility index (Phi) is 7.31. The van der Waals surface area contributed by atoms with Crippen molar-refractivity contribution in [3.05, 3.63) is 51.5 Å². The second-order valence-electron chi connectivity index (χ2n) is 4.26. The van der Waals surface area contributed by atoms with Crippen molar-refractivity contribution in [1.29, 1.82) is 0 Å². The van der Waals surface area contributed by atoms with Gasteiger partial charge in [-0.25, -0.2) is 4.98 Å². The lowest BCUT2D eigenvalue weighted by atomic mass is 10.1.